The Morgan fingerprint density at radius 2 is 2.04 bits per heavy atom. The largest absolute Gasteiger partial charge is 0.503 e. The Balaban J connectivity index is 1.63. The van der Waals surface area contributed by atoms with Gasteiger partial charge in [0.25, 0.3) is 5.91 Å². The molecule has 2 aromatic rings. The van der Waals surface area contributed by atoms with E-state index in [0.717, 1.165) is 30.7 Å². The number of rotatable bonds is 6. The summed E-state index contributed by atoms with van der Waals surface area (Å²) in [7, 11) is 0. The molecule has 3 heterocycles. The molecule has 0 saturated carbocycles. The molecule has 27 heavy (non-hydrogen) atoms. The SMILES string of the molecule is O=C1C(O)=C(c2ccccc2)C(C2=NCCC=C2)N1CCCn1ccnc1. The van der Waals surface area contributed by atoms with Gasteiger partial charge in [-0.05, 0) is 24.5 Å². The highest BCUT2D eigenvalue weighted by Gasteiger charge is 2.41. The molecule has 1 atom stereocenters. The number of aryl methyl sites for hydroxylation is 1. The molecule has 0 saturated heterocycles. The van der Waals surface area contributed by atoms with Crippen LogP contribution in [0.5, 0.6) is 0 Å². The number of amides is 1. The molecule has 1 aromatic carbocycles. The zero-order valence-corrected chi connectivity index (χ0v) is 15.0. The van der Waals surface area contributed by atoms with Gasteiger partial charge in [0.15, 0.2) is 5.76 Å². The third kappa shape index (κ3) is 3.43. The van der Waals surface area contributed by atoms with Crippen molar-refractivity contribution < 1.29 is 9.90 Å². The smallest absolute Gasteiger partial charge is 0.289 e. The zero-order chi connectivity index (χ0) is 18.6. The summed E-state index contributed by atoms with van der Waals surface area (Å²) >= 11 is 0. The zero-order valence-electron chi connectivity index (χ0n) is 15.0. The average molecular weight is 362 g/mol. The first-order valence-electron chi connectivity index (χ1n) is 9.22. The van der Waals surface area contributed by atoms with Gasteiger partial charge in [0.1, 0.15) is 6.04 Å². The fourth-order valence-electron chi connectivity index (χ4n) is 3.65. The summed E-state index contributed by atoms with van der Waals surface area (Å²) in [6, 6.07) is 9.25. The number of aliphatic hydroxyl groups is 1. The predicted molar refractivity (Wildman–Crippen MR) is 104 cm³/mol. The van der Waals surface area contributed by atoms with Crippen LogP contribution in [0.1, 0.15) is 18.4 Å². The number of dihydropyridines is 1. The molecule has 0 fully saturated rings. The van der Waals surface area contributed by atoms with E-state index >= 15 is 0 Å². The standard InChI is InChI=1S/C21H22N4O2/c26-20-18(16-7-2-1-3-8-16)19(17-9-4-5-10-23-17)25(21(20)27)13-6-12-24-14-11-22-15-24/h1-4,7-9,11,14-15,19,26H,5-6,10,12-13H2. The van der Waals surface area contributed by atoms with Gasteiger partial charge in [0.05, 0.1) is 12.0 Å². The van der Waals surface area contributed by atoms with E-state index in [1.807, 2.05) is 47.2 Å². The molecule has 2 aliphatic heterocycles. The van der Waals surface area contributed by atoms with E-state index in [-0.39, 0.29) is 17.7 Å². The maximum absolute atomic E-state index is 12.9. The minimum absolute atomic E-state index is 0.171. The Morgan fingerprint density at radius 3 is 2.74 bits per heavy atom. The predicted octanol–water partition coefficient (Wildman–Crippen LogP) is 2.85. The second kappa shape index (κ2) is 7.61. The lowest BCUT2D eigenvalue weighted by Gasteiger charge is -2.28. The molecule has 1 N–H and O–H groups in total. The second-order valence-electron chi connectivity index (χ2n) is 6.68. The van der Waals surface area contributed by atoms with Crippen LogP contribution in [-0.2, 0) is 11.3 Å². The van der Waals surface area contributed by atoms with Gasteiger partial charge in [0, 0.05) is 37.6 Å². The van der Waals surface area contributed by atoms with Crippen molar-refractivity contribution in [2.24, 2.45) is 4.99 Å². The van der Waals surface area contributed by atoms with Gasteiger partial charge in [-0.25, -0.2) is 4.98 Å². The maximum atomic E-state index is 12.9. The third-order valence-electron chi connectivity index (χ3n) is 4.92. The summed E-state index contributed by atoms with van der Waals surface area (Å²) in [5.41, 5.74) is 2.33. The van der Waals surface area contributed by atoms with Crippen molar-refractivity contribution in [3.05, 3.63) is 72.5 Å². The third-order valence-corrected chi connectivity index (χ3v) is 4.92. The highest BCUT2D eigenvalue weighted by atomic mass is 16.3. The van der Waals surface area contributed by atoms with Crippen molar-refractivity contribution in [3.63, 3.8) is 0 Å². The molecule has 1 unspecified atom stereocenters. The molecule has 0 radical (unpaired) electrons. The number of carbonyl (C=O) groups excluding carboxylic acids is 1. The number of imidazole rings is 1. The van der Waals surface area contributed by atoms with Gasteiger partial charge in [0.2, 0.25) is 0 Å². The van der Waals surface area contributed by atoms with Crippen molar-refractivity contribution in [2.45, 2.75) is 25.4 Å². The molecule has 2 aliphatic rings. The number of benzene rings is 1. The van der Waals surface area contributed by atoms with Gasteiger partial charge < -0.3 is 14.6 Å². The van der Waals surface area contributed by atoms with Gasteiger partial charge in [-0.15, -0.1) is 0 Å². The highest BCUT2D eigenvalue weighted by molar-refractivity contribution is 6.17. The topological polar surface area (TPSA) is 70.7 Å². The molecular formula is C21H22N4O2. The van der Waals surface area contributed by atoms with Crippen LogP contribution >= 0.6 is 0 Å². The van der Waals surface area contributed by atoms with Crippen molar-refractivity contribution in [2.75, 3.05) is 13.1 Å². The Hall–Kier alpha value is -3.15. The van der Waals surface area contributed by atoms with Gasteiger partial charge in [-0.3, -0.25) is 9.79 Å². The summed E-state index contributed by atoms with van der Waals surface area (Å²) in [5.74, 6) is -0.498. The van der Waals surface area contributed by atoms with Crippen LogP contribution in [-0.4, -0.2) is 50.3 Å². The van der Waals surface area contributed by atoms with E-state index in [4.69, 9.17) is 0 Å². The average Bonchev–Trinajstić information content (AvgIpc) is 3.31. The van der Waals surface area contributed by atoms with E-state index in [0.29, 0.717) is 18.7 Å². The minimum Gasteiger partial charge on any atom is -0.503 e. The maximum Gasteiger partial charge on any atom is 0.289 e. The van der Waals surface area contributed by atoms with Crippen LogP contribution in [0.25, 0.3) is 5.57 Å². The second-order valence-corrected chi connectivity index (χ2v) is 6.68. The van der Waals surface area contributed by atoms with Crippen LogP contribution in [0, 0.1) is 0 Å². The van der Waals surface area contributed by atoms with Crippen LogP contribution in [0.3, 0.4) is 0 Å². The summed E-state index contributed by atoms with van der Waals surface area (Å²) in [6.07, 6.45) is 11.1. The first-order chi connectivity index (χ1) is 13.3. The number of hydrogen-bond acceptors (Lipinski definition) is 4. The van der Waals surface area contributed by atoms with Crippen LogP contribution < -0.4 is 0 Å². The number of aromatic nitrogens is 2. The molecule has 0 bridgehead atoms. The molecule has 0 aliphatic carbocycles. The van der Waals surface area contributed by atoms with E-state index in [9.17, 15) is 9.90 Å². The van der Waals surface area contributed by atoms with Gasteiger partial charge >= 0.3 is 0 Å². The van der Waals surface area contributed by atoms with Crippen LogP contribution in [0.4, 0.5) is 0 Å². The minimum atomic E-state index is -0.348. The number of nitrogens with zero attached hydrogens (tertiary/aromatic N) is 4. The fourth-order valence-corrected chi connectivity index (χ4v) is 3.65. The molecule has 4 rings (SSSR count). The number of hydrogen-bond donors (Lipinski definition) is 1. The Bertz CT molecular complexity index is 898. The Labute approximate surface area is 158 Å². The molecule has 0 spiro atoms. The molecule has 6 nitrogen and oxygen atoms in total. The molecule has 138 valence electrons. The van der Waals surface area contributed by atoms with E-state index in [2.05, 4.69) is 16.1 Å². The lowest BCUT2D eigenvalue weighted by atomic mass is 9.94. The monoisotopic (exact) mass is 362 g/mol. The van der Waals surface area contributed by atoms with Crippen molar-refractivity contribution >= 4 is 17.2 Å². The van der Waals surface area contributed by atoms with Crippen molar-refractivity contribution in [1.29, 1.82) is 0 Å². The Morgan fingerprint density at radius 1 is 1.19 bits per heavy atom. The van der Waals surface area contributed by atoms with Crippen LogP contribution in [0.2, 0.25) is 0 Å². The van der Waals surface area contributed by atoms with E-state index in [1.165, 1.54) is 0 Å². The van der Waals surface area contributed by atoms with Crippen molar-refractivity contribution in [3.8, 4) is 0 Å². The number of carbonyl (C=O) groups is 1. The highest BCUT2D eigenvalue weighted by Crippen LogP contribution is 2.34. The van der Waals surface area contributed by atoms with Gasteiger partial charge in [-0.1, -0.05) is 36.4 Å². The lowest BCUT2D eigenvalue weighted by Crippen LogP contribution is -2.41. The summed E-state index contributed by atoms with van der Waals surface area (Å²) < 4.78 is 1.99. The molecule has 1 amide bonds. The first-order valence-corrected chi connectivity index (χ1v) is 9.22. The number of aliphatic imine (C=N–C) groups is 1. The van der Waals surface area contributed by atoms with Crippen molar-refractivity contribution in [1.82, 2.24) is 14.5 Å². The van der Waals surface area contributed by atoms with E-state index in [1.54, 1.807) is 17.4 Å². The molecule has 1 aromatic heterocycles. The summed E-state index contributed by atoms with van der Waals surface area (Å²) in [6.45, 7) is 2.01. The lowest BCUT2D eigenvalue weighted by molar-refractivity contribution is -0.128. The molecule has 6 heteroatoms. The summed E-state index contributed by atoms with van der Waals surface area (Å²) in [5, 5.41) is 10.7. The molecular weight excluding hydrogens is 340 g/mol. The van der Waals surface area contributed by atoms with Crippen LogP contribution in [0.15, 0.2) is 72.0 Å². The van der Waals surface area contributed by atoms with E-state index < -0.39 is 0 Å². The number of aliphatic hydroxyl groups excluding tert-OH is 1. The quantitative estimate of drug-likeness (QED) is 0.859. The van der Waals surface area contributed by atoms with Gasteiger partial charge in [-0.2, -0.15) is 0 Å². The Kier molecular flexibility index (Phi) is 4.87. The fraction of sp³-hybridized carbons (Fsp3) is 0.286. The normalized spacial score (nSPS) is 19.7. The first kappa shape index (κ1) is 17.3. The summed E-state index contributed by atoms with van der Waals surface area (Å²) in [4.78, 5) is 23.3.